The van der Waals surface area contributed by atoms with E-state index in [1.54, 1.807) is 6.07 Å². The number of halogens is 1. The van der Waals surface area contributed by atoms with E-state index in [4.69, 9.17) is 5.11 Å². The van der Waals surface area contributed by atoms with E-state index in [0.717, 1.165) is 31.5 Å². The molecule has 2 rings (SSSR count). The normalized spacial score (nSPS) is 22.2. The molecule has 1 saturated heterocycles. The lowest BCUT2D eigenvalue weighted by Crippen LogP contribution is -2.36. The fourth-order valence-corrected chi connectivity index (χ4v) is 2.31. The molecule has 1 unspecified atom stereocenters. The van der Waals surface area contributed by atoms with Gasteiger partial charge < -0.3 is 5.11 Å². The predicted molar refractivity (Wildman–Crippen MR) is 61.5 cm³/mol. The summed E-state index contributed by atoms with van der Waals surface area (Å²) in [7, 11) is 0. The summed E-state index contributed by atoms with van der Waals surface area (Å²) in [5, 5.41) is 9.13. The van der Waals surface area contributed by atoms with E-state index in [2.05, 4.69) is 4.90 Å². The molecule has 0 saturated carbocycles. The summed E-state index contributed by atoms with van der Waals surface area (Å²) in [6.07, 6.45) is 2.18. The van der Waals surface area contributed by atoms with E-state index >= 15 is 0 Å². The summed E-state index contributed by atoms with van der Waals surface area (Å²) in [5.74, 6) is 0.231. The number of nitrogens with zero attached hydrogens (tertiary/aromatic N) is 1. The molecule has 1 aliphatic heterocycles. The van der Waals surface area contributed by atoms with Crippen LogP contribution in [0.2, 0.25) is 0 Å². The number of hydrogen-bond donors (Lipinski definition) is 1. The van der Waals surface area contributed by atoms with Gasteiger partial charge in [0, 0.05) is 25.3 Å². The minimum atomic E-state index is -0.131. The molecule has 1 fully saturated rings. The molecule has 1 aromatic carbocycles. The Hall–Kier alpha value is -0.930. The lowest BCUT2D eigenvalue weighted by molar-refractivity contribution is 0.115. The molecule has 3 heteroatoms. The monoisotopic (exact) mass is 223 g/mol. The first-order valence-electron chi connectivity index (χ1n) is 5.86. The molecule has 0 radical (unpaired) electrons. The standard InChI is InChI=1S/C13H18FNO/c14-13-6-2-1-5-12(13)9-15-7-3-4-11(8-15)10-16/h1-2,5-6,11,16H,3-4,7-10H2. The molecule has 2 nitrogen and oxygen atoms in total. The van der Waals surface area contributed by atoms with Crippen LogP contribution in [0.5, 0.6) is 0 Å². The van der Waals surface area contributed by atoms with Crippen molar-refractivity contribution in [2.24, 2.45) is 5.92 Å². The molecule has 1 aromatic rings. The Morgan fingerprint density at radius 2 is 2.19 bits per heavy atom. The molecule has 88 valence electrons. The highest BCUT2D eigenvalue weighted by Gasteiger charge is 2.19. The second-order valence-corrected chi connectivity index (χ2v) is 4.52. The summed E-state index contributed by atoms with van der Waals surface area (Å²) in [6.45, 7) is 2.78. The first-order valence-corrected chi connectivity index (χ1v) is 5.86. The number of aliphatic hydroxyl groups excluding tert-OH is 1. The van der Waals surface area contributed by atoms with Crippen molar-refractivity contribution in [2.45, 2.75) is 19.4 Å². The molecule has 1 heterocycles. The van der Waals surface area contributed by atoms with Gasteiger partial charge >= 0.3 is 0 Å². The molecule has 0 spiro atoms. The predicted octanol–water partition coefficient (Wildman–Crippen LogP) is 2.03. The van der Waals surface area contributed by atoms with Gasteiger partial charge in [0.25, 0.3) is 0 Å². The summed E-state index contributed by atoms with van der Waals surface area (Å²) < 4.78 is 13.4. The zero-order valence-corrected chi connectivity index (χ0v) is 9.40. The Morgan fingerprint density at radius 1 is 1.38 bits per heavy atom. The first-order chi connectivity index (χ1) is 7.79. The summed E-state index contributed by atoms with van der Waals surface area (Å²) in [5.41, 5.74) is 0.751. The maximum absolute atomic E-state index is 13.4. The fraction of sp³-hybridized carbons (Fsp3) is 0.538. The zero-order chi connectivity index (χ0) is 11.4. The van der Waals surface area contributed by atoms with Gasteiger partial charge in [-0.15, -0.1) is 0 Å². The third-order valence-electron chi connectivity index (χ3n) is 3.21. The molecule has 0 aliphatic carbocycles. The van der Waals surface area contributed by atoms with Crippen molar-refractivity contribution in [1.82, 2.24) is 4.90 Å². The maximum Gasteiger partial charge on any atom is 0.127 e. The topological polar surface area (TPSA) is 23.5 Å². The SMILES string of the molecule is OCC1CCCN(Cc2ccccc2F)C1. The quantitative estimate of drug-likeness (QED) is 0.847. The van der Waals surface area contributed by atoms with Crippen molar-refractivity contribution >= 4 is 0 Å². The number of benzene rings is 1. The van der Waals surface area contributed by atoms with E-state index in [0.29, 0.717) is 12.5 Å². The molecule has 0 amide bonds. The summed E-state index contributed by atoms with van der Waals surface area (Å²) in [6, 6.07) is 6.91. The number of likely N-dealkylation sites (tertiary alicyclic amines) is 1. The number of piperidine rings is 1. The van der Waals surface area contributed by atoms with Gasteiger partial charge in [-0.2, -0.15) is 0 Å². The van der Waals surface area contributed by atoms with Crippen LogP contribution in [0, 0.1) is 11.7 Å². The largest absolute Gasteiger partial charge is 0.396 e. The fourth-order valence-electron chi connectivity index (χ4n) is 2.31. The van der Waals surface area contributed by atoms with Gasteiger partial charge in [0.2, 0.25) is 0 Å². The minimum absolute atomic E-state index is 0.131. The molecule has 16 heavy (non-hydrogen) atoms. The van der Waals surface area contributed by atoms with E-state index in [9.17, 15) is 4.39 Å². The van der Waals surface area contributed by atoms with Gasteiger partial charge in [-0.3, -0.25) is 4.90 Å². The molecular formula is C13H18FNO. The van der Waals surface area contributed by atoms with Crippen LogP contribution in [-0.2, 0) is 6.54 Å². The second kappa shape index (κ2) is 5.41. The Bertz CT molecular complexity index is 342. The molecule has 1 atom stereocenters. The average Bonchev–Trinajstić information content (AvgIpc) is 2.32. The highest BCUT2D eigenvalue weighted by Crippen LogP contribution is 2.18. The molecule has 1 N–H and O–H groups in total. The van der Waals surface area contributed by atoms with Gasteiger partial charge in [0.05, 0.1) is 0 Å². The molecular weight excluding hydrogens is 205 g/mol. The Kier molecular flexibility index (Phi) is 3.91. The minimum Gasteiger partial charge on any atom is -0.396 e. The molecule has 1 aliphatic rings. The van der Waals surface area contributed by atoms with Crippen molar-refractivity contribution in [3.8, 4) is 0 Å². The van der Waals surface area contributed by atoms with Crippen LogP contribution < -0.4 is 0 Å². The third kappa shape index (κ3) is 2.80. The van der Waals surface area contributed by atoms with Crippen LogP contribution >= 0.6 is 0 Å². The highest BCUT2D eigenvalue weighted by molar-refractivity contribution is 5.17. The van der Waals surface area contributed by atoms with Crippen LogP contribution in [0.1, 0.15) is 18.4 Å². The van der Waals surface area contributed by atoms with Crippen molar-refractivity contribution < 1.29 is 9.50 Å². The third-order valence-corrected chi connectivity index (χ3v) is 3.21. The first kappa shape index (κ1) is 11.6. The van der Waals surface area contributed by atoms with Gasteiger partial charge in [-0.05, 0) is 31.4 Å². The van der Waals surface area contributed by atoms with Gasteiger partial charge in [-0.1, -0.05) is 18.2 Å². The van der Waals surface area contributed by atoms with E-state index in [1.807, 2.05) is 12.1 Å². The van der Waals surface area contributed by atoms with Crippen LogP contribution in [0.4, 0.5) is 4.39 Å². The second-order valence-electron chi connectivity index (χ2n) is 4.52. The Morgan fingerprint density at radius 3 is 2.94 bits per heavy atom. The summed E-state index contributed by atoms with van der Waals surface area (Å²) >= 11 is 0. The lowest BCUT2D eigenvalue weighted by atomic mass is 9.98. The number of rotatable bonds is 3. The molecule has 0 bridgehead atoms. The van der Waals surface area contributed by atoms with Crippen LogP contribution in [0.25, 0.3) is 0 Å². The van der Waals surface area contributed by atoms with Gasteiger partial charge in [0.1, 0.15) is 5.82 Å². The number of hydrogen-bond acceptors (Lipinski definition) is 2. The Labute approximate surface area is 95.7 Å². The summed E-state index contributed by atoms with van der Waals surface area (Å²) in [4.78, 5) is 2.22. The van der Waals surface area contributed by atoms with E-state index in [-0.39, 0.29) is 12.4 Å². The van der Waals surface area contributed by atoms with E-state index in [1.165, 1.54) is 6.07 Å². The molecule has 0 aromatic heterocycles. The maximum atomic E-state index is 13.4. The lowest BCUT2D eigenvalue weighted by Gasteiger charge is -2.31. The van der Waals surface area contributed by atoms with Crippen LogP contribution in [0.15, 0.2) is 24.3 Å². The highest BCUT2D eigenvalue weighted by atomic mass is 19.1. The van der Waals surface area contributed by atoms with Crippen molar-refractivity contribution in [3.63, 3.8) is 0 Å². The average molecular weight is 223 g/mol. The zero-order valence-electron chi connectivity index (χ0n) is 9.40. The van der Waals surface area contributed by atoms with Crippen LogP contribution in [-0.4, -0.2) is 29.7 Å². The van der Waals surface area contributed by atoms with Gasteiger partial charge in [-0.25, -0.2) is 4.39 Å². The van der Waals surface area contributed by atoms with Crippen molar-refractivity contribution in [2.75, 3.05) is 19.7 Å². The van der Waals surface area contributed by atoms with Crippen molar-refractivity contribution in [3.05, 3.63) is 35.6 Å². The number of aliphatic hydroxyl groups is 1. The van der Waals surface area contributed by atoms with Gasteiger partial charge in [0.15, 0.2) is 0 Å². The smallest absolute Gasteiger partial charge is 0.127 e. The Balaban J connectivity index is 1.97. The van der Waals surface area contributed by atoms with Crippen LogP contribution in [0.3, 0.4) is 0 Å². The van der Waals surface area contributed by atoms with E-state index < -0.39 is 0 Å². The van der Waals surface area contributed by atoms with Crippen molar-refractivity contribution in [1.29, 1.82) is 0 Å².